The number of carbonyl (C=O) groups is 1. The molecule has 0 aliphatic carbocycles. The Hall–Kier alpha value is -0.570. The van der Waals surface area contributed by atoms with Crippen LogP contribution in [0.4, 0.5) is 0 Å². The van der Waals surface area contributed by atoms with Gasteiger partial charge >= 0.3 is 0 Å². The molecule has 0 aromatic rings. The number of amides is 1. The normalized spacial score (nSPS) is 13.0. The largest absolute Gasteiger partial charge is 0.344 e. The minimum Gasteiger partial charge on any atom is -0.344 e. The van der Waals surface area contributed by atoms with Crippen LogP contribution in [0.5, 0.6) is 0 Å². The van der Waals surface area contributed by atoms with Gasteiger partial charge in [0.25, 0.3) is 0 Å². The van der Waals surface area contributed by atoms with Crippen LogP contribution in [-0.4, -0.2) is 30.4 Å². The molecule has 2 N–H and O–H groups in total. The summed E-state index contributed by atoms with van der Waals surface area (Å²) in [4.78, 5) is 13.4. The monoisotopic (exact) mass is 200 g/mol. The fourth-order valence-electron chi connectivity index (χ4n) is 1.28. The van der Waals surface area contributed by atoms with Crippen LogP contribution in [0.25, 0.3) is 0 Å². The lowest BCUT2D eigenvalue weighted by atomic mass is 10.1. The van der Waals surface area contributed by atoms with E-state index in [1.807, 2.05) is 14.0 Å². The van der Waals surface area contributed by atoms with Crippen molar-refractivity contribution < 1.29 is 4.79 Å². The zero-order chi connectivity index (χ0) is 11.1. The zero-order valence-electron chi connectivity index (χ0n) is 9.92. The minimum atomic E-state index is -0.308. The van der Waals surface area contributed by atoms with Crippen LogP contribution in [0.1, 0.15) is 40.0 Å². The third kappa shape index (κ3) is 5.22. The average Bonchev–Trinajstić information content (AvgIpc) is 2.13. The maximum absolute atomic E-state index is 11.6. The zero-order valence-corrected chi connectivity index (χ0v) is 9.92. The van der Waals surface area contributed by atoms with E-state index in [-0.39, 0.29) is 11.9 Å². The Morgan fingerprint density at radius 3 is 2.36 bits per heavy atom. The molecule has 0 radical (unpaired) electrons. The lowest BCUT2D eigenvalue weighted by Gasteiger charge is -2.21. The summed E-state index contributed by atoms with van der Waals surface area (Å²) >= 11 is 0. The Kier molecular flexibility index (Phi) is 6.54. The van der Waals surface area contributed by atoms with E-state index in [9.17, 15) is 4.79 Å². The van der Waals surface area contributed by atoms with E-state index < -0.39 is 0 Å². The van der Waals surface area contributed by atoms with Gasteiger partial charge in [-0.05, 0) is 18.8 Å². The van der Waals surface area contributed by atoms with Crippen molar-refractivity contribution in [2.45, 2.75) is 46.1 Å². The quantitative estimate of drug-likeness (QED) is 0.708. The Morgan fingerprint density at radius 1 is 1.36 bits per heavy atom. The summed E-state index contributed by atoms with van der Waals surface area (Å²) in [6.07, 6.45) is 2.79. The van der Waals surface area contributed by atoms with Gasteiger partial charge in [0.1, 0.15) is 0 Å². The fraction of sp³-hybridized carbons (Fsp3) is 0.909. The van der Waals surface area contributed by atoms with Gasteiger partial charge in [0, 0.05) is 13.6 Å². The van der Waals surface area contributed by atoms with Crippen molar-refractivity contribution in [2.24, 2.45) is 11.7 Å². The number of likely N-dealkylation sites (N-methyl/N-ethyl adjacent to an activating group) is 1. The molecular formula is C11H24N2O. The number of hydrogen-bond donors (Lipinski definition) is 1. The van der Waals surface area contributed by atoms with Crippen LogP contribution in [0.3, 0.4) is 0 Å². The molecule has 0 saturated carbocycles. The highest BCUT2D eigenvalue weighted by Gasteiger charge is 2.16. The maximum atomic E-state index is 11.6. The molecule has 0 aliphatic heterocycles. The van der Waals surface area contributed by atoms with E-state index in [0.29, 0.717) is 5.92 Å². The first kappa shape index (κ1) is 13.4. The Bertz CT molecular complexity index is 169. The Balaban J connectivity index is 3.86. The maximum Gasteiger partial charge on any atom is 0.239 e. The first-order valence-corrected chi connectivity index (χ1v) is 5.49. The van der Waals surface area contributed by atoms with Gasteiger partial charge in [-0.2, -0.15) is 0 Å². The van der Waals surface area contributed by atoms with Crippen molar-refractivity contribution >= 4 is 5.91 Å². The molecule has 0 fully saturated rings. The van der Waals surface area contributed by atoms with E-state index in [4.69, 9.17) is 5.73 Å². The summed E-state index contributed by atoms with van der Waals surface area (Å²) in [6.45, 7) is 7.17. The van der Waals surface area contributed by atoms with Gasteiger partial charge in [-0.1, -0.05) is 27.2 Å². The first-order chi connectivity index (χ1) is 6.49. The van der Waals surface area contributed by atoms with Crippen LogP contribution in [0.2, 0.25) is 0 Å². The van der Waals surface area contributed by atoms with Gasteiger partial charge in [-0.3, -0.25) is 4.79 Å². The summed E-state index contributed by atoms with van der Waals surface area (Å²) in [5, 5.41) is 0. The molecule has 1 atom stereocenters. The number of hydrogen-bond acceptors (Lipinski definition) is 2. The topological polar surface area (TPSA) is 46.3 Å². The second kappa shape index (κ2) is 6.82. The number of rotatable bonds is 6. The molecule has 3 nitrogen and oxygen atoms in total. The molecule has 0 rings (SSSR count). The molecule has 0 saturated heterocycles. The summed E-state index contributed by atoms with van der Waals surface area (Å²) in [7, 11) is 1.83. The minimum absolute atomic E-state index is 0.0764. The van der Waals surface area contributed by atoms with Gasteiger partial charge in [-0.25, -0.2) is 0 Å². The smallest absolute Gasteiger partial charge is 0.239 e. The van der Waals surface area contributed by atoms with Crippen molar-refractivity contribution in [1.29, 1.82) is 0 Å². The van der Waals surface area contributed by atoms with E-state index in [2.05, 4.69) is 13.8 Å². The molecule has 84 valence electrons. The van der Waals surface area contributed by atoms with Crippen LogP contribution >= 0.6 is 0 Å². The lowest BCUT2D eigenvalue weighted by Crippen LogP contribution is -2.42. The summed E-state index contributed by atoms with van der Waals surface area (Å²) in [5.41, 5.74) is 5.74. The number of nitrogens with two attached hydrogens (primary N) is 1. The summed E-state index contributed by atoms with van der Waals surface area (Å²) < 4.78 is 0. The van der Waals surface area contributed by atoms with E-state index in [1.54, 1.807) is 4.90 Å². The third-order valence-electron chi connectivity index (χ3n) is 2.33. The van der Waals surface area contributed by atoms with Crippen molar-refractivity contribution in [3.8, 4) is 0 Å². The highest BCUT2D eigenvalue weighted by atomic mass is 16.2. The molecule has 1 amide bonds. The lowest BCUT2D eigenvalue weighted by molar-refractivity contribution is -0.131. The molecule has 0 heterocycles. The predicted octanol–water partition coefficient (Wildman–Crippen LogP) is 1.62. The number of carbonyl (C=O) groups excluding carboxylic acids is 1. The molecule has 14 heavy (non-hydrogen) atoms. The van der Waals surface area contributed by atoms with Gasteiger partial charge in [0.15, 0.2) is 0 Å². The molecule has 0 aromatic heterocycles. The van der Waals surface area contributed by atoms with Crippen molar-refractivity contribution in [2.75, 3.05) is 13.6 Å². The SMILES string of the molecule is CCC[C@H](N)C(=O)N(C)CCC(C)C. The van der Waals surface area contributed by atoms with Gasteiger partial charge in [-0.15, -0.1) is 0 Å². The first-order valence-electron chi connectivity index (χ1n) is 5.49. The standard InChI is InChI=1S/C11H24N2O/c1-5-6-10(12)11(14)13(4)8-7-9(2)3/h9-10H,5-8,12H2,1-4H3/t10-/m0/s1. The van der Waals surface area contributed by atoms with Crippen molar-refractivity contribution in [1.82, 2.24) is 4.90 Å². The highest BCUT2D eigenvalue weighted by molar-refractivity contribution is 5.81. The molecular weight excluding hydrogens is 176 g/mol. The molecule has 0 bridgehead atoms. The molecule has 0 aromatic carbocycles. The predicted molar refractivity (Wildman–Crippen MR) is 60.0 cm³/mol. The van der Waals surface area contributed by atoms with Crippen molar-refractivity contribution in [3.05, 3.63) is 0 Å². The van der Waals surface area contributed by atoms with E-state index >= 15 is 0 Å². The van der Waals surface area contributed by atoms with Crippen LogP contribution in [0.15, 0.2) is 0 Å². The molecule has 0 aliphatic rings. The second-order valence-corrected chi connectivity index (χ2v) is 4.34. The summed E-state index contributed by atoms with van der Waals surface area (Å²) in [6, 6.07) is -0.308. The van der Waals surface area contributed by atoms with Gasteiger partial charge < -0.3 is 10.6 Å². The molecule has 0 unspecified atom stereocenters. The Morgan fingerprint density at radius 2 is 1.93 bits per heavy atom. The highest BCUT2D eigenvalue weighted by Crippen LogP contribution is 2.03. The van der Waals surface area contributed by atoms with Crippen LogP contribution in [0, 0.1) is 5.92 Å². The molecule has 3 heteroatoms. The molecule has 0 spiro atoms. The van der Waals surface area contributed by atoms with Crippen LogP contribution < -0.4 is 5.73 Å². The van der Waals surface area contributed by atoms with Gasteiger partial charge in [0.05, 0.1) is 6.04 Å². The van der Waals surface area contributed by atoms with Crippen LogP contribution in [-0.2, 0) is 4.79 Å². The van der Waals surface area contributed by atoms with E-state index in [1.165, 1.54) is 0 Å². The second-order valence-electron chi connectivity index (χ2n) is 4.34. The number of nitrogens with zero attached hydrogens (tertiary/aromatic N) is 1. The van der Waals surface area contributed by atoms with E-state index in [0.717, 1.165) is 25.8 Å². The fourth-order valence-corrected chi connectivity index (χ4v) is 1.28. The van der Waals surface area contributed by atoms with Crippen molar-refractivity contribution in [3.63, 3.8) is 0 Å². The summed E-state index contributed by atoms with van der Waals surface area (Å²) in [5.74, 6) is 0.708. The van der Waals surface area contributed by atoms with Gasteiger partial charge in [0.2, 0.25) is 5.91 Å². The Labute approximate surface area is 87.6 Å². The third-order valence-corrected chi connectivity index (χ3v) is 2.33. The average molecular weight is 200 g/mol.